The SMILES string of the molecule is Cc1ccc(NC(=O)c2ccc(C)c(S(=O)(=O)N3CCCCCC3)c2)cc1. The monoisotopic (exact) mass is 386 g/mol. The van der Waals surface area contributed by atoms with E-state index >= 15 is 0 Å². The summed E-state index contributed by atoms with van der Waals surface area (Å²) in [5.74, 6) is -0.314. The quantitative estimate of drug-likeness (QED) is 0.859. The summed E-state index contributed by atoms with van der Waals surface area (Å²) < 4.78 is 27.8. The molecule has 1 N–H and O–H groups in total. The van der Waals surface area contributed by atoms with Crippen molar-refractivity contribution in [1.82, 2.24) is 4.31 Å². The Balaban J connectivity index is 1.87. The number of hydrogen-bond acceptors (Lipinski definition) is 3. The molecule has 1 amide bonds. The number of aryl methyl sites for hydroxylation is 2. The van der Waals surface area contributed by atoms with Crippen molar-refractivity contribution in [3.63, 3.8) is 0 Å². The fourth-order valence-electron chi connectivity index (χ4n) is 3.28. The van der Waals surface area contributed by atoms with E-state index in [9.17, 15) is 13.2 Å². The smallest absolute Gasteiger partial charge is 0.255 e. The first-order valence-corrected chi connectivity index (χ1v) is 10.8. The molecule has 0 unspecified atom stereocenters. The number of amides is 1. The molecule has 1 aliphatic rings. The second-order valence-corrected chi connectivity index (χ2v) is 9.03. The lowest BCUT2D eigenvalue weighted by atomic mass is 10.1. The van der Waals surface area contributed by atoms with Gasteiger partial charge in [0.15, 0.2) is 0 Å². The number of benzene rings is 2. The van der Waals surface area contributed by atoms with Crippen molar-refractivity contribution in [2.24, 2.45) is 0 Å². The summed E-state index contributed by atoms with van der Waals surface area (Å²) in [6.07, 6.45) is 3.88. The van der Waals surface area contributed by atoms with Crippen LogP contribution in [0.1, 0.15) is 47.2 Å². The highest BCUT2D eigenvalue weighted by Gasteiger charge is 2.27. The van der Waals surface area contributed by atoms with Crippen LogP contribution in [0.4, 0.5) is 5.69 Å². The Morgan fingerprint density at radius 2 is 1.56 bits per heavy atom. The summed E-state index contributed by atoms with van der Waals surface area (Å²) in [6.45, 7) is 4.83. The van der Waals surface area contributed by atoms with Crippen molar-refractivity contribution in [3.05, 3.63) is 59.2 Å². The molecule has 1 saturated heterocycles. The molecule has 144 valence electrons. The van der Waals surface area contributed by atoms with Gasteiger partial charge < -0.3 is 5.32 Å². The largest absolute Gasteiger partial charge is 0.322 e. The number of carbonyl (C=O) groups is 1. The number of sulfonamides is 1. The van der Waals surface area contributed by atoms with Gasteiger partial charge in [-0.15, -0.1) is 0 Å². The van der Waals surface area contributed by atoms with Gasteiger partial charge in [-0.2, -0.15) is 4.31 Å². The van der Waals surface area contributed by atoms with Crippen LogP contribution in [0.2, 0.25) is 0 Å². The maximum Gasteiger partial charge on any atom is 0.255 e. The van der Waals surface area contributed by atoms with E-state index in [0.717, 1.165) is 31.2 Å². The number of carbonyl (C=O) groups excluding carboxylic acids is 1. The van der Waals surface area contributed by atoms with Crippen molar-refractivity contribution < 1.29 is 13.2 Å². The maximum absolute atomic E-state index is 13.1. The van der Waals surface area contributed by atoms with Crippen LogP contribution >= 0.6 is 0 Å². The molecule has 2 aromatic rings. The first kappa shape index (κ1) is 19.6. The molecule has 2 aromatic carbocycles. The summed E-state index contributed by atoms with van der Waals surface area (Å²) in [7, 11) is -3.60. The second-order valence-electron chi connectivity index (χ2n) is 7.12. The van der Waals surface area contributed by atoms with E-state index in [1.807, 2.05) is 31.2 Å². The molecule has 0 radical (unpaired) electrons. The van der Waals surface area contributed by atoms with E-state index in [1.165, 1.54) is 6.07 Å². The fraction of sp³-hybridized carbons (Fsp3) is 0.381. The third-order valence-corrected chi connectivity index (χ3v) is 6.98. The van der Waals surface area contributed by atoms with Crippen LogP contribution in [0, 0.1) is 13.8 Å². The van der Waals surface area contributed by atoms with Gasteiger partial charge in [0.05, 0.1) is 4.90 Å². The summed E-state index contributed by atoms with van der Waals surface area (Å²) in [4.78, 5) is 12.8. The van der Waals surface area contributed by atoms with E-state index in [1.54, 1.807) is 23.4 Å². The Kier molecular flexibility index (Phi) is 5.97. The third kappa shape index (κ3) is 4.57. The van der Waals surface area contributed by atoms with Gasteiger partial charge in [0.1, 0.15) is 0 Å². The first-order chi connectivity index (χ1) is 12.9. The number of anilines is 1. The highest BCUT2D eigenvalue weighted by Crippen LogP contribution is 2.24. The lowest BCUT2D eigenvalue weighted by Gasteiger charge is -2.21. The van der Waals surface area contributed by atoms with Gasteiger partial charge in [-0.05, 0) is 56.5 Å². The Bertz CT molecular complexity index is 913. The van der Waals surface area contributed by atoms with E-state index in [-0.39, 0.29) is 10.8 Å². The van der Waals surface area contributed by atoms with Gasteiger partial charge >= 0.3 is 0 Å². The minimum Gasteiger partial charge on any atom is -0.322 e. The Morgan fingerprint density at radius 3 is 2.19 bits per heavy atom. The zero-order valence-corrected chi connectivity index (χ0v) is 16.7. The molecule has 1 fully saturated rings. The van der Waals surface area contributed by atoms with Crippen molar-refractivity contribution >= 4 is 21.6 Å². The topological polar surface area (TPSA) is 66.5 Å². The summed E-state index contributed by atoms with van der Waals surface area (Å²) >= 11 is 0. The van der Waals surface area contributed by atoms with Gasteiger partial charge in [0.25, 0.3) is 5.91 Å². The molecular formula is C21H26N2O3S. The molecule has 0 aliphatic carbocycles. The van der Waals surface area contributed by atoms with Crippen molar-refractivity contribution in [2.45, 2.75) is 44.4 Å². The zero-order valence-electron chi connectivity index (χ0n) is 15.9. The summed E-state index contributed by atoms with van der Waals surface area (Å²) in [6, 6.07) is 12.4. The lowest BCUT2D eigenvalue weighted by molar-refractivity contribution is 0.102. The Morgan fingerprint density at radius 1 is 0.926 bits per heavy atom. The Hall–Kier alpha value is -2.18. The third-order valence-electron chi connectivity index (χ3n) is 4.94. The average molecular weight is 387 g/mol. The molecule has 5 nitrogen and oxygen atoms in total. The summed E-state index contributed by atoms with van der Waals surface area (Å²) in [5.41, 5.74) is 2.79. The molecule has 0 spiro atoms. The van der Waals surface area contributed by atoms with Gasteiger partial charge in [0, 0.05) is 24.3 Å². The molecular weight excluding hydrogens is 360 g/mol. The van der Waals surface area contributed by atoms with Gasteiger partial charge in [-0.3, -0.25) is 4.79 Å². The van der Waals surface area contributed by atoms with Crippen LogP contribution in [0.3, 0.4) is 0 Å². The van der Waals surface area contributed by atoms with Crippen molar-refractivity contribution in [2.75, 3.05) is 18.4 Å². The molecule has 0 aromatic heterocycles. The average Bonchev–Trinajstić information content (AvgIpc) is 2.94. The van der Waals surface area contributed by atoms with Crippen LogP contribution in [-0.4, -0.2) is 31.7 Å². The molecule has 0 bridgehead atoms. The number of nitrogens with one attached hydrogen (secondary N) is 1. The zero-order chi connectivity index (χ0) is 19.4. The van der Waals surface area contributed by atoms with E-state index in [4.69, 9.17) is 0 Å². The summed E-state index contributed by atoms with van der Waals surface area (Å²) in [5, 5.41) is 2.83. The standard InChI is InChI=1S/C21H26N2O3S/c1-16-7-11-19(12-8-16)22-21(24)18-10-9-17(2)20(15-18)27(25,26)23-13-5-3-4-6-14-23/h7-12,15H,3-6,13-14H2,1-2H3,(H,22,24). The first-order valence-electron chi connectivity index (χ1n) is 9.37. The highest BCUT2D eigenvalue weighted by atomic mass is 32.2. The lowest BCUT2D eigenvalue weighted by Crippen LogP contribution is -2.32. The molecule has 1 heterocycles. The highest BCUT2D eigenvalue weighted by molar-refractivity contribution is 7.89. The van der Waals surface area contributed by atoms with Gasteiger partial charge in [-0.1, -0.05) is 36.6 Å². The predicted octanol–water partition coefficient (Wildman–Crippen LogP) is 4.12. The van der Waals surface area contributed by atoms with Crippen LogP contribution in [0.5, 0.6) is 0 Å². The van der Waals surface area contributed by atoms with E-state index < -0.39 is 10.0 Å². The molecule has 1 aliphatic heterocycles. The molecule has 27 heavy (non-hydrogen) atoms. The normalized spacial score (nSPS) is 15.9. The van der Waals surface area contributed by atoms with Crippen LogP contribution in [0.15, 0.2) is 47.4 Å². The molecule has 0 atom stereocenters. The number of nitrogens with zero attached hydrogens (tertiary/aromatic N) is 1. The van der Waals surface area contributed by atoms with Gasteiger partial charge in [-0.25, -0.2) is 8.42 Å². The Labute approximate surface area is 161 Å². The van der Waals surface area contributed by atoms with E-state index in [2.05, 4.69) is 5.32 Å². The second kappa shape index (κ2) is 8.23. The number of rotatable bonds is 4. The van der Waals surface area contributed by atoms with Crippen molar-refractivity contribution in [1.29, 1.82) is 0 Å². The minimum atomic E-state index is -3.60. The van der Waals surface area contributed by atoms with Crippen LogP contribution < -0.4 is 5.32 Å². The van der Waals surface area contributed by atoms with E-state index in [0.29, 0.717) is 29.9 Å². The molecule has 3 rings (SSSR count). The number of hydrogen-bond donors (Lipinski definition) is 1. The minimum absolute atomic E-state index is 0.223. The molecule has 0 saturated carbocycles. The molecule has 6 heteroatoms. The van der Waals surface area contributed by atoms with Gasteiger partial charge in [0.2, 0.25) is 10.0 Å². The van der Waals surface area contributed by atoms with Crippen LogP contribution in [-0.2, 0) is 10.0 Å². The predicted molar refractivity (Wildman–Crippen MR) is 108 cm³/mol. The van der Waals surface area contributed by atoms with Crippen molar-refractivity contribution in [3.8, 4) is 0 Å². The van der Waals surface area contributed by atoms with Crippen LogP contribution in [0.25, 0.3) is 0 Å². The maximum atomic E-state index is 13.1. The fourth-order valence-corrected chi connectivity index (χ4v) is 5.05.